The van der Waals surface area contributed by atoms with E-state index in [1.54, 1.807) is 17.0 Å². The number of rotatable bonds is 9. The zero-order valence-corrected chi connectivity index (χ0v) is 26.7. The molecule has 1 unspecified atom stereocenters. The molecule has 5 atom stereocenters. The number of nitrogens with two attached hydrogens (primary N) is 2. The lowest BCUT2D eigenvalue weighted by Gasteiger charge is -2.45. The molecule has 0 radical (unpaired) electrons. The Labute approximate surface area is 266 Å². The molecule has 13 heteroatoms. The van der Waals surface area contributed by atoms with Crippen LogP contribution in [0.15, 0.2) is 23.5 Å². The summed E-state index contributed by atoms with van der Waals surface area (Å²) in [7, 11) is 2.63. The fourth-order valence-electron chi connectivity index (χ4n) is 8.11. The number of likely N-dealkylation sites (tertiary alicyclic amines) is 1. The Morgan fingerprint density at radius 2 is 1.96 bits per heavy atom. The predicted molar refractivity (Wildman–Crippen MR) is 162 cm³/mol. The maximum Gasteiger partial charge on any atom is 0.312 e. The Hall–Kier alpha value is -3.12. The average Bonchev–Trinajstić information content (AvgIpc) is 3.89. The van der Waals surface area contributed by atoms with Crippen molar-refractivity contribution in [2.75, 3.05) is 40.4 Å². The standard InChI is InChI=1S/C32H42ClF2N5O5/c1-31(30(43)44-3)12-18-10-17(18)11-20(31)29(42)40-9-6-19-21(33)4-5-24(45-15-22(36)27(28(34)35)38(2)37)26(19)23(40)14-39-16-32(7-8-32)13-25(39)41/h4-5,17-18,20,23,28H,6-16,36-37H2,1-3H3/b27-22-/t17?,18-,20-,23+,31-/m0/s1. The van der Waals surface area contributed by atoms with Crippen LogP contribution in [-0.2, 0) is 25.5 Å². The van der Waals surface area contributed by atoms with E-state index >= 15 is 0 Å². The van der Waals surface area contributed by atoms with Gasteiger partial charge in [0.1, 0.15) is 18.1 Å². The fraction of sp³-hybridized carbons (Fsp3) is 0.656. The van der Waals surface area contributed by atoms with Gasteiger partial charge in [0.25, 0.3) is 6.43 Å². The predicted octanol–water partition coefficient (Wildman–Crippen LogP) is 3.62. The highest BCUT2D eigenvalue weighted by Gasteiger charge is 2.59. The zero-order valence-electron chi connectivity index (χ0n) is 26.0. The third kappa shape index (κ3) is 5.73. The van der Waals surface area contributed by atoms with Crippen molar-refractivity contribution in [1.82, 2.24) is 14.8 Å². The van der Waals surface area contributed by atoms with E-state index in [2.05, 4.69) is 0 Å². The van der Waals surface area contributed by atoms with Gasteiger partial charge in [-0.05, 0) is 80.4 Å². The van der Waals surface area contributed by atoms with Crippen molar-refractivity contribution in [3.63, 3.8) is 0 Å². The number of allylic oxidation sites excluding steroid dienone is 1. The van der Waals surface area contributed by atoms with Gasteiger partial charge >= 0.3 is 5.97 Å². The number of carbonyl (C=O) groups is 3. The minimum absolute atomic E-state index is 0.00403. The zero-order chi connectivity index (χ0) is 32.4. The minimum atomic E-state index is -2.91. The fourth-order valence-corrected chi connectivity index (χ4v) is 8.37. The molecule has 1 aromatic carbocycles. The van der Waals surface area contributed by atoms with Crippen LogP contribution in [0.5, 0.6) is 5.75 Å². The van der Waals surface area contributed by atoms with E-state index in [0.29, 0.717) is 66.9 Å². The molecule has 3 saturated carbocycles. The van der Waals surface area contributed by atoms with Gasteiger partial charge in [-0.15, -0.1) is 0 Å². The van der Waals surface area contributed by atoms with Gasteiger partial charge in [-0.3, -0.25) is 14.4 Å². The van der Waals surface area contributed by atoms with Crippen LogP contribution < -0.4 is 16.3 Å². The molecule has 1 aromatic rings. The number of fused-ring (bicyclic) bond motifs is 2. The van der Waals surface area contributed by atoms with Crippen molar-refractivity contribution in [3.05, 3.63) is 39.7 Å². The quantitative estimate of drug-likeness (QED) is 0.236. The monoisotopic (exact) mass is 649 g/mol. The lowest BCUT2D eigenvalue weighted by molar-refractivity contribution is -0.165. The number of benzene rings is 1. The third-order valence-corrected chi connectivity index (χ3v) is 11.3. The smallest absolute Gasteiger partial charge is 0.312 e. The number of ether oxygens (including phenoxy) is 2. The maximum absolute atomic E-state index is 14.7. The van der Waals surface area contributed by atoms with Gasteiger partial charge in [-0.25, -0.2) is 14.6 Å². The molecule has 1 saturated heterocycles. The topological polar surface area (TPSA) is 131 Å². The number of halogens is 3. The second kappa shape index (κ2) is 11.6. The largest absolute Gasteiger partial charge is 0.487 e. The summed E-state index contributed by atoms with van der Waals surface area (Å²) in [5.74, 6) is 5.66. The molecular weight excluding hydrogens is 608 g/mol. The molecule has 45 heavy (non-hydrogen) atoms. The normalized spacial score (nSPS) is 30.1. The summed E-state index contributed by atoms with van der Waals surface area (Å²) in [6, 6.07) is 2.69. The summed E-state index contributed by atoms with van der Waals surface area (Å²) in [4.78, 5) is 44.7. The number of hydrogen-bond donors (Lipinski definition) is 2. The number of carbonyl (C=O) groups excluding carboxylic acids is 3. The van der Waals surface area contributed by atoms with E-state index in [-0.39, 0.29) is 42.0 Å². The molecule has 2 heterocycles. The molecule has 246 valence electrons. The Bertz CT molecular complexity index is 1420. The molecule has 0 bridgehead atoms. The number of methoxy groups -OCH3 is 1. The van der Waals surface area contributed by atoms with E-state index in [1.807, 2.05) is 11.8 Å². The highest BCUT2D eigenvalue weighted by atomic mass is 35.5. The number of amides is 2. The van der Waals surface area contributed by atoms with E-state index < -0.39 is 29.5 Å². The van der Waals surface area contributed by atoms with Crippen LogP contribution in [0.2, 0.25) is 5.02 Å². The van der Waals surface area contributed by atoms with Gasteiger partial charge in [0, 0.05) is 43.7 Å². The summed E-state index contributed by atoms with van der Waals surface area (Å²) in [6.07, 6.45) is 2.16. The lowest BCUT2D eigenvalue weighted by Crippen LogP contribution is -2.53. The Morgan fingerprint density at radius 3 is 2.58 bits per heavy atom. The van der Waals surface area contributed by atoms with Crippen molar-refractivity contribution < 1.29 is 32.6 Å². The first kappa shape index (κ1) is 31.8. The Morgan fingerprint density at radius 1 is 1.22 bits per heavy atom. The van der Waals surface area contributed by atoms with Crippen LogP contribution >= 0.6 is 11.6 Å². The van der Waals surface area contributed by atoms with Crippen LogP contribution in [0, 0.1) is 28.6 Å². The number of hydrazine groups is 1. The highest BCUT2D eigenvalue weighted by molar-refractivity contribution is 6.31. The van der Waals surface area contributed by atoms with E-state index in [1.165, 1.54) is 14.2 Å². The van der Waals surface area contributed by atoms with E-state index in [0.717, 1.165) is 29.8 Å². The average molecular weight is 650 g/mol. The first-order valence-corrected chi connectivity index (χ1v) is 16.0. The summed E-state index contributed by atoms with van der Waals surface area (Å²) in [5.41, 5.74) is 5.66. The van der Waals surface area contributed by atoms with Crippen LogP contribution in [0.3, 0.4) is 0 Å². The van der Waals surface area contributed by atoms with Gasteiger partial charge in [0.2, 0.25) is 11.8 Å². The summed E-state index contributed by atoms with van der Waals surface area (Å²) < 4.78 is 38.7. The van der Waals surface area contributed by atoms with Gasteiger partial charge in [-0.1, -0.05) is 11.6 Å². The van der Waals surface area contributed by atoms with Crippen molar-refractivity contribution in [1.29, 1.82) is 0 Å². The first-order chi connectivity index (χ1) is 21.3. The number of esters is 1. The van der Waals surface area contributed by atoms with E-state index in [4.69, 9.17) is 32.7 Å². The lowest BCUT2D eigenvalue weighted by atomic mass is 9.66. The highest BCUT2D eigenvalue weighted by Crippen LogP contribution is 2.59. The van der Waals surface area contributed by atoms with Gasteiger partial charge in [0.15, 0.2) is 0 Å². The molecule has 5 aliphatic rings. The molecule has 4 N–H and O–H groups in total. The molecular formula is C32H42ClF2N5O5. The first-order valence-electron chi connectivity index (χ1n) is 15.6. The van der Waals surface area contributed by atoms with Gasteiger partial charge in [-0.2, -0.15) is 0 Å². The SMILES string of the molecule is COC(=O)[C@@]1(C)C[C@@H]2CC2C[C@H]1C(=O)N1CCc2c(Cl)ccc(OC/C(N)=C(\C(F)F)N(C)N)c2[C@H]1CN1CC2(CC2)CC1=O. The van der Waals surface area contributed by atoms with Crippen molar-refractivity contribution in [3.8, 4) is 5.75 Å². The van der Waals surface area contributed by atoms with Crippen molar-refractivity contribution in [2.24, 2.45) is 40.2 Å². The van der Waals surface area contributed by atoms with Crippen molar-refractivity contribution in [2.45, 2.75) is 64.3 Å². The number of alkyl halides is 2. The molecule has 0 aromatic heterocycles. The molecule has 10 nitrogen and oxygen atoms in total. The molecule has 2 amide bonds. The van der Waals surface area contributed by atoms with Crippen LogP contribution in [0.1, 0.15) is 62.6 Å². The minimum Gasteiger partial charge on any atom is -0.487 e. The summed E-state index contributed by atoms with van der Waals surface area (Å²) in [6.45, 7) is 2.62. The molecule has 3 aliphatic carbocycles. The number of nitrogens with zero attached hydrogens (tertiary/aromatic N) is 3. The Balaban J connectivity index is 1.38. The molecule has 6 rings (SSSR count). The molecule has 4 fully saturated rings. The molecule has 1 spiro atoms. The summed E-state index contributed by atoms with van der Waals surface area (Å²) in [5, 5.41) is 1.25. The van der Waals surface area contributed by atoms with Crippen LogP contribution in [-0.4, -0.2) is 79.4 Å². The number of hydrogen-bond acceptors (Lipinski definition) is 8. The maximum atomic E-state index is 14.7. The van der Waals surface area contributed by atoms with Crippen LogP contribution in [0.25, 0.3) is 0 Å². The molecule has 2 aliphatic heterocycles. The second-order valence-electron chi connectivity index (χ2n) is 14.0. The Kier molecular flexibility index (Phi) is 8.21. The van der Waals surface area contributed by atoms with Gasteiger partial charge < -0.3 is 30.0 Å². The van der Waals surface area contributed by atoms with Gasteiger partial charge in [0.05, 0.1) is 30.2 Å². The second-order valence-corrected chi connectivity index (χ2v) is 14.4. The van der Waals surface area contributed by atoms with E-state index in [9.17, 15) is 23.2 Å². The summed E-state index contributed by atoms with van der Waals surface area (Å²) >= 11 is 6.73. The van der Waals surface area contributed by atoms with Crippen molar-refractivity contribution >= 4 is 29.4 Å². The van der Waals surface area contributed by atoms with Crippen LogP contribution in [0.4, 0.5) is 8.78 Å². The third-order valence-electron chi connectivity index (χ3n) is 10.9.